The van der Waals surface area contributed by atoms with Gasteiger partial charge in [0.1, 0.15) is 11.5 Å². The highest BCUT2D eigenvalue weighted by Gasteiger charge is 2.15. The second-order valence-electron chi connectivity index (χ2n) is 5.81. The van der Waals surface area contributed by atoms with Crippen LogP contribution in [0.25, 0.3) is 0 Å². The van der Waals surface area contributed by atoms with Gasteiger partial charge in [-0.1, -0.05) is 35.5 Å². The van der Waals surface area contributed by atoms with Gasteiger partial charge < -0.3 is 15.2 Å². The molecule has 0 saturated carbocycles. The molecule has 1 atom stereocenters. The normalized spacial score (nSPS) is 11.6. The molecule has 0 saturated heterocycles. The van der Waals surface area contributed by atoms with Crippen molar-refractivity contribution in [2.75, 3.05) is 5.32 Å². The highest BCUT2D eigenvalue weighted by atomic mass is 16.5. The van der Waals surface area contributed by atoms with Crippen molar-refractivity contribution in [3.05, 3.63) is 77.3 Å². The molecular weight excluding hydrogens is 332 g/mol. The Hall–Kier alpha value is -3.48. The molecule has 2 amide bonds. The molecule has 2 heterocycles. The number of amides is 2. The number of aryl methyl sites for hydroxylation is 1. The predicted octanol–water partition coefficient (Wildman–Crippen LogP) is 3.12. The SMILES string of the molecule is Cc1cc(NC(=O)c2ccnc(C(=O)NC(C)c3ccccc3)c2)no1. The summed E-state index contributed by atoms with van der Waals surface area (Å²) >= 11 is 0. The number of rotatable bonds is 5. The summed E-state index contributed by atoms with van der Waals surface area (Å²) in [5, 5.41) is 9.19. The second-order valence-corrected chi connectivity index (χ2v) is 5.81. The van der Waals surface area contributed by atoms with Crippen LogP contribution in [0.4, 0.5) is 5.82 Å². The van der Waals surface area contributed by atoms with E-state index in [9.17, 15) is 9.59 Å². The Morgan fingerprint density at radius 3 is 2.54 bits per heavy atom. The minimum absolute atomic E-state index is 0.164. The number of benzene rings is 1. The van der Waals surface area contributed by atoms with E-state index in [1.807, 2.05) is 37.3 Å². The third-order valence-electron chi connectivity index (χ3n) is 3.77. The van der Waals surface area contributed by atoms with E-state index in [1.54, 1.807) is 13.0 Å². The van der Waals surface area contributed by atoms with Crippen LogP contribution in [0.3, 0.4) is 0 Å². The van der Waals surface area contributed by atoms with Crippen molar-refractivity contribution >= 4 is 17.6 Å². The average molecular weight is 350 g/mol. The van der Waals surface area contributed by atoms with E-state index in [-0.39, 0.29) is 17.6 Å². The largest absolute Gasteiger partial charge is 0.360 e. The van der Waals surface area contributed by atoms with Crippen molar-refractivity contribution in [2.45, 2.75) is 19.9 Å². The minimum atomic E-state index is -0.397. The number of carbonyl (C=O) groups is 2. The maximum atomic E-state index is 12.4. The Labute approximate surface area is 150 Å². The number of nitrogens with one attached hydrogen (secondary N) is 2. The lowest BCUT2D eigenvalue weighted by molar-refractivity contribution is 0.0935. The van der Waals surface area contributed by atoms with Crippen LogP contribution in [0, 0.1) is 6.92 Å². The van der Waals surface area contributed by atoms with Crippen molar-refractivity contribution in [3.63, 3.8) is 0 Å². The van der Waals surface area contributed by atoms with Crippen LogP contribution < -0.4 is 10.6 Å². The van der Waals surface area contributed by atoms with Gasteiger partial charge in [0, 0.05) is 17.8 Å². The summed E-state index contributed by atoms with van der Waals surface area (Å²) in [4.78, 5) is 28.8. The van der Waals surface area contributed by atoms with Crippen molar-refractivity contribution in [1.29, 1.82) is 0 Å². The molecule has 132 valence electrons. The third-order valence-corrected chi connectivity index (χ3v) is 3.77. The van der Waals surface area contributed by atoms with Crippen LogP contribution in [-0.2, 0) is 0 Å². The van der Waals surface area contributed by atoms with E-state index in [1.165, 1.54) is 18.3 Å². The molecule has 7 nitrogen and oxygen atoms in total. The van der Waals surface area contributed by atoms with Gasteiger partial charge in [-0.25, -0.2) is 0 Å². The summed E-state index contributed by atoms with van der Waals surface area (Å²) in [6.07, 6.45) is 1.42. The molecule has 0 fully saturated rings. The number of aromatic nitrogens is 2. The second kappa shape index (κ2) is 7.60. The highest BCUT2D eigenvalue weighted by molar-refractivity contribution is 6.05. The zero-order chi connectivity index (χ0) is 18.5. The van der Waals surface area contributed by atoms with E-state index in [0.717, 1.165) is 5.56 Å². The lowest BCUT2D eigenvalue weighted by atomic mass is 10.1. The van der Waals surface area contributed by atoms with Crippen LogP contribution in [0.5, 0.6) is 0 Å². The standard InChI is InChI=1S/C19H18N4O3/c1-12-10-17(23-26-12)22-18(24)15-8-9-20-16(11-15)19(25)21-13(2)14-6-4-3-5-7-14/h3-11,13H,1-2H3,(H,21,25)(H,22,23,24). The number of anilines is 1. The molecule has 26 heavy (non-hydrogen) atoms. The first kappa shape index (κ1) is 17.3. The lowest BCUT2D eigenvalue weighted by Gasteiger charge is -2.14. The van der Waals surface area contributed by atoms with Crippen molar-refractivity contribution in [1.82, 2.24) is 15.5 Å². The molecular formula is C19H18N4O3. The molecule has 0 bridgehead atoms. The Kier molecular flexibility index (Phi) is 5.07. The smallest absolute Gasteiger partial charge is 0.270 e. The molecule has 7 heteroatoms. The van der Waals surface area contributed by atoms with Gasteiger partial charge in [0.15, 0.2) is 5.82 Å². The Morgan fingerprint density at radius 2 is 1.85 bits per heavy atom. The summed E-state index contributed by atoms with van der Waals surface area (Å²) in [5.74, 6) is 0.150. The Balaban J connectivity index is 1.70. The number of hydrogen-bond donors (Lipinski definition) is 2. The summed E-state index contributed by atoms with van der Waals surface area (Å²) in [7, 11) is 0. The number of nitrogens with zero attached hydrogens (tertiary/aromatic N) is 2. The molecule has 1 unspecified atom stereocenters. The van der Waals surface area contributed by atoms with E-state index >= 15 is 0 Å². The molecule has 2 N–H and O–H groups in total. The Bertz CT molecular complexity index is 921. The summed E-state index contributed by atoms with van der Waals surface area (Å²) in [5.41, 5.74) is 1.45. The molecule has 2 aromatic heterocycles. The number of carbonyl (C=O) groups excluding carboxylic acids is 2. The predicted molar refractivity (Wildman–Crippen MR) is 95.8 cm³/mol. The van der Waals surface area contributed by atoms with Gasteiger partial charge in [0.25, 0.3) is 11.8 Å². The van der Waals surface area contributed by atoms with Crippen molar-refractivity contribution in [3.8, 4) is 0 Å². The zero-order valence-electron chi connectivity index (χ0n) is 14.4. The fourth-order valence-corrected chi connectivity index (χ4v) is 2.41. The first-order chi connectivity index (χ1) is 12.5. The van der Waals surface area contributed by atoms with Gasteiger partial charge in [-0.3, -0.25) is 14.6 Å². The fraction of sp³-hybridized carbons (Fsp3) is 0.158. The zero-order valence-corrected chi connectivity index (χ0v) is 14.4. The fourth-order valence-electron chi connectivity index (χ4n) is 2.41. The first-order valence-corrected chi connectivity index (χ1v) is 8.09. The van der Waals surface area contributed by atoms with Crippen LogP contribution in [0.1, 0.15) is 45.1 Å². The van der Waals surface area contributed by atoms with Crippen LogP contribution >= 0.6 is 0 Å². The van der Waals surface area contributed by atoms with Gasteiger partial charge in [-0.2, -0.15) is 0 Å². The van der Waals surface area contributed by atoms with Crippen molar-refractivity contribution in [2.24, 2.45) is 0 Å². The maximum absolute atomic E-state index is 12.4. The van der Waals surface area contributed by atoms with E-state index in [0.29, 0.717) is 17.1 Å². The molecule has 0 aliphatic heterocycles. The van der Waals surface area contributed by atoms with Gasteiger partial charge in [0.2, 0.25) is 0 Å². The van der Waals surface area contributed by atoms with Crippen LogP contribution in [0.15, 0.2) is 59.3 Å². The number of hydrogen-bond acceptors (Lipinski definition) is 5. The average Bonchev–Trinajstić information content (AvgIpc) is 3.07. The maximum Gasteiger partial charge on any atom is 0.270 e. The molecule has 0 aliphatic rings. The van der Waals surface area contributed by atoms with Crippen LogP contribution in [0.2, 0.25) is 0 Å². The number of pyridine rings is 1. The molecule has 1 aromatic carbocycles. The first-order valence-electron chi connectivity index (χ1n) is 8.09. The van der Waals surface area contributed by atoms with Gasteiger partial charge >= 0.3 is 0 Å². The third kappa shape index (κ3) is 4.13. The van der Waals surface area contributed by atoms with E-state index in [2.05, 4.69) is 20.8 Å². The lowest BCUT2D eigenvalue weighted by Crippen LogP contribution is -2.27. The Morgan fingerprint density at radius 1 is 1.08 bits per heavy atom. The topological polar surface area (TPSA) is 97.1 Å². The van der Waals surface area contributed by atoms with Crippen molar-refractivity contribution < 1.29 is 14.1 Å². The quantitative estimate of drug-likeness (QED) is 0.737. The minimum Gasteiger partial charge on any atom is -0.360 e. The molecule has 0 radical (unpaired) electrons. The molecule has 0 aliphatic carbocycles. The summed E-state index contributed by atoms with van der Waals surface area (Å²) in [6, 6.07) is 14.0. The summed E-state index contributed by atoms with van der Waals surface area (Å²) < 4.78 is 4.91. The molecule has 3 rings (SSSR count). The summed E-state index contributed by atoms with van der Waals surface area (Å²) in [6.45, 7) is 3.61. The highest BCUT2D eigenvalue weighted by Crippen LogP contribution is 2.13. The van der Waals surface area contributed by atoms with Gasteiger partial charge in [-0.05, 0) is 31.5 Å². The van der Waals surface area contributed by atoms with Gasteiger partial charge in [-0.15, -0.1) is 0 Å². The molecule has 3 aromatic rings. The molecule has 0 spiro atoms. The van der Waals surface area contributed by atoms with E-state index < -0.39 is 5.91 Å². The van der Waals surface area contributed by atoms with Crippen LogP contribution in [-0.4, -0.2) is 22.0 Å². The van der Waals surface area contributed by atoms with E-state index in [4.69, 9.17) is 4.52 Å². The van der Waals surface area contributed by atoms with Gasteiger partial charge in [0.05, 0.1) is 6.04 Å². The monoisotopic (exact) mass is 350 g/mol.